The molecule has 3 aliphatic rings. The van der Waals surface area contributed by atoms with Gasteiger partial charge in [0, 0.05) is 18.5 Å². The molecule has 1 unspecified atom stereocenters. The third kappa shape index (κ3) is 3.49. The molecule has 2 bridgehead atoms. The number of ether oxygens (including phenoxy) is 1. The van der Waals surface area contributed by atoms with Crippen molar-refractivity contribution in [2.75, 3.05) is 0 Å². The van der Waals surface area contributed by atoms with Crippen LogP contribution in [-0.2, 0) is 16.1 Å². The van der Waals surface area contributed by atoms with E-state index >= 15 is 0 Å². The molecule has 1 amide bonds. The summed E-state index contributed by atoms with van der Waals surface area (Å²) in [6, 6.07) is 16.5. The summed E-state index contributed by atoms with van der Waals surface area (Å²) in [4.78, 5) is 25.3. The van der Waals surface area contributed by atoms with E-state index in [0.29, 0.717) is 18.9 Å². The minimum Gasteiger partial charge on any atom is -0.325 e. The van der Waals surface area contributed by atoms with E-state index in [2.05, 4.69) is 50.0 Å². The van der Waals surface area contributed by atoms with E-state index in [1.165, 1.54) is 5.56 Å². The predicted molar refractivity (Wildman–Crippen MR) is 120 cm³/mol. The Morgan fingerprint density at radius 2 is 1.90 bits per heavy atom. The van der Waals surface area contributed by atoms with Gasteiger partial charge in [-0.25, -0.2) is 0 Å². The summed E-state index contributed by atoms with van der Waals surface area (Å²) >= 11 is 0. The monoisotopic (exact) mass is 417 g/mol. The molecule has 1 spiro atoms. The van der Waals surface area contributed by atoms with Crippen molar-refractivity contribution in [3.63, 3.8) is 0 Å². The van der Waals surface area contributed by atoms with E-state index in [1.807, 2.05) is 29.2 Å². The summed E-state index contributed by atoms with van der Waals surface area (Å²) in [5.74, 6) is 1.08. The number of hydrogen-bond acceptors (Lipinski definition) is 4. The summed E-state index contributed by atoms with van der Waals surface area (Å²) in [6.07, 6.45) is 4.00. The molecule has 5 nitrogen and oxygen atoms in total. The third-order valence-corrected chi connectivity index (χ3v) is 7.23. The highest BCUT2D eigenvalue weighted by molar-refractivity contribution is 6.01. The fourth-order valence-corrected chi connectivity index (χ4v) is 5.64. The van der Waals surface area contributed by atoms with E-state index in [4.69, 9.17) is 9.73 Å². The smallest absolute Gasteiger partial charge is 0.229 e. The molecule has 162 valence electrons. The van der Waals surface area contributed by atoms with Gasteiger partial charge in [0.25, 0.3) is 0 Å². The summed E-state index contributed by atoms with van der Waals surface area (Å²) in [6.45, 7) is 7.08. The van der Waals surface area contributed by atoms with Crippen molar-refractivity contribution in [2.24, 2.45) is 22.7 Å². The van der Waals surface area contributed by atoms with Crippen molar-refractivity contribution in [1.82, 2.24) is 9.88 Å². The minimum absolute atomic E-state index is 0.0700. The lowest BCUT2D eigenvalue weighted by Crippen LogP contribution is -2.52. The van der Waals surface area contributed by atoms with Gasteiger partial charge < -0.3 is 9.64 Å². The average Bonchev–Trinajstić information content (AvgIpc) is 3.20. The number of likely N-dealkylation sites (tertiary alicyclic amines) is 1. The van der Waals surface area contributed by atoms with E-state index in [1.54, 1.807) is 6.20 Å². The zero-order valence-corrected chi connectivity index (χ0v) is 18.6. The maximum Gasteiger partial charge on any atom is 0.229 e. The molecule has 2 aromatic rings. The molecule has 2 fully saturated rings. The largest absolute Gasteiger partial charge is 0.325 e. The van der Waals surface area contributed by atoms with Crippen LogP contribution in [0.2, 0.25) is 0 Å². The van der Waals surface area contributed by atoms with Crippen LogP contribution >= 0.6 is 0 Å². The van der Waals surface area contributed by atoms with Gasteiger partial charge in [0.2, 0.25) is 5.91 Å². The molecule has 2 aliphatic heterocycles. The van der Waals surface area contributed by atoms with E-state index < -0.39 is 5.72 Å². The quantitative estimate of drug-likeness (QED) is 0.703. The van der Waals surface area contributed by atoms with Crippen molar-refractivity contribution >= 4 is 11.6 Å². The number of pyridine rings is 1. The number of fused-ring (bicyclic) bond motifs is 1. The average molecular weight is 418 g/mol. The first-order valence-corrected chi connectivity index (χ1v) is 11.5. The van der Waals surface area contributed by atoms with Crippen molar-refractivity contribution in [2.45, 2.75) is 64.4 Å². The van der Waals surface area contributed by atoms with Crippen molar-refractivity contribution in [1.29, 1.82) is 0 Å². The molecule has 5 rings (SSSR count). The summed E-state index contributed by atoms with van der Waals surface area (Å²) < 4.78 is 6.70. The molecule has 0 radical (unpaired) electrons. The molecule has 1 saturated carbocycles. The van der Waals surface area contributed by atoms with Gasteiger partial charge >= 0.3 is 0 Å². The number of rotatable bonds is 5. The van der Waals surface area contributed by atoms with Crippen LogP contribution in [0.4, 0.5) is 0 Å². The van der Waals surface area contributed by atoms with Gasteiger partial charge in [-0.2, -0.15) is 0 Å². The fraction of sp³-hybridized carbons (Fsp3) is 0.500. The van der Waals surface area contributed by atoms with Gasteiger partial charge in [0.05, 0.1) is 18.0 Å². The van der Waals surface area contributed by atoms with Gasteiger partial charge in [-0.3, -0.25) is 14.8 Å². The number of benzene rings is 1. The first kappa shape index (κ1) is 20.4. The molecular weight excluding hydrogens is 386 g/mol. The Balaban J connectivity index is 1.55. The molecule has 1 aromatic carbocycles. The summed E-state index contributed by atoms with van der Waals surface area (Å²) in [7, 11) is 0. The highest BCUT2D eigenvalue weighted by Gasteiger charge is 2.62. The lowest BCUT2D eigenvalue weighted by Gasteiger charge is -2.37. The Labute approximate surface area is 184 Å². The number of hydrogen-bond donors (Lipinski definition) is 0. The zero-order chi connectivity index (χ0) is 21.6. The number of amides is 1. The molecular formula is C26H31N3O2. The number of nitrogens with zero attached hydrogens (tertiary/aromatic N) is 3. The molecule has 1 aliphatic carbocycles. The van der Waals surface area contributed by atoms with Gasteiger partial charge in [-0.05, 0) is 48.3 Å². The summed E-state index contributed by atoms with van der Waals surface area (Å²) in [5.41, 5.74) is 2.50. The molecule has 1 aromatic heterocycles. The lowest BCUT2D eigenvalue weighted by molar-refractivity contribution is -0.151. The standard InChI is InChI=1S/C26H31N3O2/c1-17(2)13-24-28-23-14-21(19-9-5-4-6-10-19)18(3)22-15-26(23,31-24)29(25(22)30)16-20-11-7-8-12-27-20/h4-12,17-18,21-22,24H,13-16H2,1-3H3/t18-,21+,22?,24-,26+/m1/s1. The molecule has 3 heterocycles. The molecule has 31 heavy (non-hydrogen) atoms. The van der Waals surface area contributed by atoms with Crippen LogP contribution in [-0.4, -0.2) is 33.5 Å². The van der Waals surface area contributed by atoms with Gasteiger partial charge in [0.1, 0.15) is 0 Å². The number of carbonyl (C=O) groups is 1. The van der Waals surface area contributed by atoms with E-state index in [-0.39, 0.29) is 29.9 Å². The molecule has 5 atom stereocenters. The second-order valence-electron chi connectivity index (χ2n) is 9.70. The second kappa shape index (κ2) is 7.86. The van der Waals surface area contributed by atoms with Crippen LogP contribution < -0.4 is 0 Å². The maximum atomic E-state index is 13.8. The first-order valence-electron chi connectivity index (χ1n) is 11.5. The third-order valence-electron chi connectivity index (χ3n) is 7.23. The Morgan fingerprint density at radius 3 is 2.61 bits per heavy atom. The van der Waals surface area contributed by atoms with Crippen molar-refractivity contribution in [3.05, 3.63) is 66.0 Å². The minimum atomic E-state index is -0.726. The van der Waals surface area contributed by atoms with Crippen LogP contribution in [0.3, 0.4) is 0 Å². The van der Waals surface area contributed by atoms with E-state index in [0.717, 1.165) is 24.2 Å². The van der Waals surface area contributed by atoms with Gasteiger partial charge in [-0.15, -0.1) is 0 Å². The van der Waals surface area contributed by atoms with Crippen molar-refractivity contribution in [3.8, 4) is 0 Å². The summed E-state index contributed by atoms with van der Waals surface area (Å²) in [5, 5.41) is 0. The number of aromatic nitrogens is 1. The van der Waals surface area contributed by atoms with E-state index in [9.17, 15) is 4.79 Å². The van der Waals surface area contributed by atoms with Crippen LogP contribution in [0.1, 0.15) is 57.2 Å². The molecule has 1 saturated heterocycles. The van der Waals surface area contributed by atoms with Gasteiger partial charge in [-0.1, -0.05) is 57.2 Å². The molecule has 0 N–H and O–H groups in total. The van der Waals surface area contributed by atoms with Crippen LogP contribution in [0.5, 0.6) is 0 Å². The zero-order valence-electron chi connectivity index (χ0n) is 18.6. The van der Waals surface area contributed by atoms with Crippen LogP contribution in [0.25, 0.3) is 0 Å². The van der Waals surface area contributed by atoms with Crippen LogP contribution in [0, 0.1) is 17.8 Å². The van der Waals surface area contributed by atoms with Gasteiger partial charge in [0.15, 0.2) is 12.0 Å². The molecule has 5 heteroatoms. The topological polar surface area (TPSA) is 54.8 Å². The maximum absolute atomic E-state index is 13.8. The van der Waals surface area contributed by atoms with Crippen molar-refractivity contribution < 1.29 is 9.53 Å². The normalized spacial score (nSPS) is 32.2. The lowest BCUT2D eigenvalue weighted by atomic mass is 9.78. The Bertz CT molecular complexity index is 975. The fourth-order valence-electron chi connectivity index (χ4n) is 5.64. The van der Waals surface area contributed by atoms with Crippen LogP contribution in [0.15, 0.2) is 59.7 Å². The Morgan fingerprint density at radius 1 is 1.13 bits per heavy atom. The highest BCUT2D eigenvalue weighted by Crippen LogP contribution is 2.53. The first-order chi connectivity index (χ1) is 15.0. The number of carbonyl (C=O) groups excluding carboxylic acids is 1. The SMILES string of the molecule is CC(C)C[C@@H]1N=C2C[C@H](c3ccccc3)[C@@H](C)C3C[C@@]2(O1)N(Cc1ccccn1)C3=O. The second-order valence-corrected chi connectivity index (χ2v) is 9.70. The number of aliphatic imine (C=N–C) groups is 1. The Kier molecular flexibility index (Phi) is 5.17. The Hall–Kier alpha value is -2.53. The predicted octanol–water partition coefficient (Wildman–Crippen LogP) is 4.79. The highest BCUT2D eigenvalue weighted by atomic mass is 16.6.